The van der Waals surface area contributed by atoms with E-state index >= 15 is 0 Å². The van der Waals surface area contributed by atoms with Gasteiger partial charge in [-0.25, -0.2) is 0 Å². The van der Waals surface area contributed by atoms with Gasteiger partial charge in [0.25, 0.3) is 5.91 Å². The van der Waals surface area contributed by atoms with E-state index in [0.717, 1.165) is 12.1 Å². The standard InChI is InChI=1S/C16H21N3OS/c1-11(8-12-6-7-21-10-12)18-16(20)14-9-13(17)4-5-15(14)19(2)3/h4-7,9-11H,8,17H2,1-3H3,(H,18,20). The van der Waals surface area contributed by atoms with E-state index in [1.165, 1.54) is 5.56 Å². The van der Waals surface area contributed by atoms with Gasteiger partial charge in [0.1, 0.15) is 0 Å². The summed E-state index contributed by atoms with van der Waals surface area (Å²) in [6, 6.07) is 7.55. The van der Waals surface area contributed by atoms with Gasteiger partial charge in [0.15, 0.2) is 0 Å². The Bertz CT molecular complexity index is 608. The molecule has 1 heterocycles. The van der Waals surface area contributed by atoms with E-state index < -0.39 is 0 Å². The summed E-state index contributed by atoms with van der Waals surface area (Å²) in [7, 11) is 3.83. The lowest BCUT2D eigenvalue weighted by atomic mass is 10.1. The Labute approximate surface area is 129 Å². The number of carbonyl (C=O) groups is 1. The molecule has 0 bridgehead atoms. The minimum absolute atomic E-state index is 0.0727. The van der Waals surface area contributed by atoms with Gasteiger partial charge in [-0.3, -0.25) is 4.79 Å². The highest BCUT2D eigenvalue weighted by Crippen LogP contribution is 2.21. The van der Waals surface area contributed by atoms with Gasteiger partial charge in [-0.1, -0.05) is 0 Å². The Morgan fingerprint density at radius 1 is 1.38 bits per heavy atom. The van der Waals surface area contributed by atoms with Crippen molar-refractivity contribution in [2.45, 2.75) is 19.4 Å². The van der Waals surface area contributed by atoms with Crippen molar-refractivity contribution in [3.05, 3.63) is 46.2 Å². The van der Waals surface area contributed by atoms with E-state index in [2.05, 4.69) is 16.8 Å². The molecule has 1 aromatic carbocycles. The molecule has 3 N–H and O–H groups in total. The van der Waals surface area contributed by atoms with E-state index in [0.29, 0.717) is 11.3 Å². The van der Waals surface area contributed by atoms with Crippen molar-refractivity contribution >= 4 is 28.6 Å². The molecule has 2 aromatic rings. The summed E-state index contributed by atoms with van der Waals surface area (Å²) in [6.07, 6.45) is 0.828. The predicted molar refractivity (Wildman–Crippen MR) is 90.1 cm³/mol. The summed E-state index contributed by atoms with van der Waals surface area (Å²) >= 11 is 1.67. The molecule has 0 fully saturated rings. The number of nitrogens with zero attached hydrogens (tertiary/aromatic N) is 1. The van der Waals surface area contributed by atoms with E-state index in [9.17, 15) is 4.79 Å². The first-order valence-electron chi connectivity index (χ1n) is 6.86. The molecule has 1 aromatic heterocycles. The van der Waals surface area contributed by atoms with Crippen molar-refractivity contribution in [1.82, 2.24) is 5.32 Å². The highest BCUT2D eigenvalue weighted by Gasteiger charge is 2.15. The molecule has 21 heavy (non-hydrogen) atoms. The summed E-state index contributed by atoms with van der Waals surface area (Å²) in [6.45, 7) is 2.01. The summed E-state index contributed by atoms with van der Waals surface area (Å²) < 4.78 is 0. The van der Waals surface area contributed by atoms with Crippen LogP contribution in [-0.4, -0.2) is 26.0 Å². The third-order valence-corrected chi connectivity index (χ3v) is 3.98. The number of nitrogen functional groups attached to an aromatic ring is 1. The number of hydrogen-bond acceptors (Lipinski definition) is 4. The van der Waals surface area contributed by atoms with Crippen molar-refractivity contribution in [2.24, 2.45) is 0 Å². The zero-order chi connectivity index (χ0) is 15.4. The van der Waals surface area contributed by atoms with Crippen LogP contribution in [0.1, 0.15) is 22.8 Å². The first kappa shape index (κ1) is 15.4. The molecule has 0 aliphatic heterocycles. The van der Waals surface area contributed by atoms with Crippen LogP contribution in [0.5, 0.6) is 0 Å². The van der Waals surface area contributed by atoms with Crippen LogP contribution in [-0.2, 0) is 6.42 Å². The Balaban J connectivity index is 2.11. The molecule has 0 aliphatic rings. The van der Waals surface area contributed by atoms with Crippen LogP contribution < -0.4 is 16.0 Å². The maximum atomic E-state index is 12.5. The maximum absolute atomic E-state index is 12.5. The fourth-order valence-corrected chi connectivity index (χ4v) is 2.92. The Morgan fingerprint density at radius 2 is 2.14 bits per heavy atom. The number of nitrogens with one attached hydrogen (secondary N) is 1. The lowest BCUT2D eigenvalue weighted by Crippen LogP contribution is -2.34. The molecule has 0 saturated heterocycles. The van der Waals surface area contributed by atoms with Crippen LogP contribution in [0, 0.1) is 0 Å². The van der Waals surface area contributed by atoms with Gasteiger partial charge in [-0.2, -0.15) is 11.3 Å². The molecule has 1 unspecified atom stereocenters. The Morgan fingerprint density at radius 3 is 2.76 bits per heavy atom. The van der Waals surface area contributed by atoms with Crippen molar-refractivity contribution in [3.8, 4) is 0 Å². The van der Waals surface area contributed by atoms with E-state index in [-0.39, 0.29) is 11.9 Å². The van der Waals surface area contributed by atoms with Crippen molar-refractivity contribution < 1.29 is 4.79 Å². The molecule has 0 aliphatic carbocycles. The van der Waals surface area contributed by atoms with Crippen LogP contribution in [0.4, 0.5) is 11.4 Å². The molecule has 5 heteroatoms. The van der Waals surface area contributed by atoms with Crippen LogP contribution >= 0.6 is 11.3 Å². The van der Waals surface area contributed by atoms with Gasteiger partial charge in [-0.05, 0) is 53.9 Å². The number of carbonyl (C=O) groups excluding carboxylic acids is 1. The molecular weight excluding hydrogens is 282 g/mol. The Hall–Kier alpha value is -2.01. The van der Waals surface area contributed by atoms with Crippen molar-refractivity contribution in [2.75, 3.05) is 24.7 Å². The summed E-state index contributed by atoms with van der Waals surface area (Å²) in [5, 5.41) is 7.19. The van der Waals surface area contributed by atoms with Gasteiger partial charge < -0.3 is 16.0 Å². The lowest BCUT2D eigenvalue weighted by Gasteiger charge is -2.19. The topological polar surface area (TPSA) is 58.4 Å². The van der Waals surface area contributed by atoms with Gasteiger partial charge in [0.2, 0.25) is 0 Å². The quantitative estimate of drug-likeness (QED) is 0.835. The molecule has 4 nitrogen and oxygen atoms in total. The molecule has 0 spiro atoms. The second kappa shape index (κ2) is 6.63. The molecular formula is C16H21N3OS. The lowest BCUT2D eigenvalue weighted by molar-refractivity contribution is 0.0940. The Kier molecular flexibility index (Phi) is 4.85. The highest BCUT2D eigenvalue weighted by molar-refractivity contribution is 7.07. The number of rotatable bonds is 5. The fraction of sp³-hybridized carbons (Fsp3) is 0.312. The largest absolute Gasteiger partial charge is 0.399 e. The van der Waals surface area contributed by atoms with Crippen LogP contribution in [0.15, 0.2) is 35.0 Å². The minimum atomic E-state index is -0.0891. The number of benzene rings is 1. The van der Waals surface area contributed by atoms with E-state index in [4.69, 9.17) is 5.73 Å². The third kappa shape index (κ3) is 3.98. The third-order valence-electron chi connectivity index (χ3n) is 3.25. The second-order valence-electron chi connectivity index (χ2n) is 5.38. The monoisotopic (exact) mass is 303 g/mol. The SMILES string of the molecule is CC(Cc1ccsc1)NC(=O)c1cc(N)ccc1N(C)C. The van der Waals surface area contributed by atoms with Crippen molar-refractivity contribution in [3.63, 3.8) is 0 Å². The zero-order valence-corrected chi connectivity index (χ0v) is 13.4. The maximum Gasteiger partial charge on any atom is 0.253 e. The van der Waals surface area contributed by atoms with Gasteiger partial charge in [-0.15, -0.1) is 0 Å². The van der Waals surface area contributed by atoms with Gasteiger partial charge in [0.05, 0.1) is 5.56 Å². The van der Waals surface area contributed by atoms with Gasteiger partial charge >= 0.3 is 0 Å². The number of anilines is 2. The van der Waals surface area contributed by atoms with Crippen molar-refractivity contribution in [1.29, 1.82) is 0 Å². The first-order valence-corrected chi connectivity index (χ1v) is 7.80. The number of nitrogens with two attached hydrogens (primary N) is 1. The molecule has 0 saturated carbocycles. The molecule has 0 radical (unpaired) electrons. The molecule has 1 atom stereocenters. The zero-order valence-electron chi connectivity index (χ0n) is 12.6. The average molecular weight is 303 g/mol. The average Bonchev–Trinajstić information content (AvgIpc) is 2.90. The number of thiophene rings is 1. The highest BCUT2D eigenvalue weighted by atomic mass is 32.1. The minimum Gasteiger partial charge on any atom is -0.399 e. The molecule has 1 amide bonds. The van der Waals surface area contributed by atoms with Crippen LogP contribution in [0.25, 0.3) is 0 Å². The van der Waals surface area contributed by atoms with Crippen LogP contribution in [0.2, 0.25) is 0 Å². The molecule has 2 rings (SSSR count). The molecule has 112 valence electrons. The van der Waals surface area contributed by atoms with E-state index in [1.54, 1.807) is 23.5 Å². The van der Waals surface area contributed by atoms with Gasteiger partial charge in [0, 0.05) is 31.5 Å². The first-order chi connectivity index (χ1) is 9.97. The number of amides is 1. The predicted octanol–water partition coefficient (Wildman–Crippen LogP) is 2.76. The second-order valence-corrected chi connectivity index (χ2v) is 6.16. The fourth-order valence-electron chi connectivity index (χ4n) is 2.24. The summed E-state index contributed by atoms with van der Waals surface area (Å²) in [5.74, 6) is -0.0891. The smallest absolute Gasteiger partial charge is 0.253 e. The number of hydrogen-bond donors (Lipinski definition) is 2. The summed E-state index contributed by atoms with van der Waals surface area (Å²) in [4.78, 5) is 14.4. The normalized spacial score (nSPS) is 12.0. The van der Waals surface area contributed by atoms with Crippen LogP contribution in [0.3, 0.4) is 0 Å². The summed E-state index contributed by atoms with van der Waals surface area (Å²) in [5.41, 5.74) is 9.12. The van der Waals surface area contributed by atoms with E-state index in [1.807, 2.05) is 37.4 Å².